The first-order valence-corrected chi connectivity index (χ1v) is 7.19. The van der Waals surface area contributed by atoms with Crippen LogP contribution < -0.4 is 4.74 Å². The van der Waals surface area contributed by atoms with E-state index in [9.17, 15) is 14.4 Å². The van der Waals surface area contributed by atoms with Gasteiger partial charge < -0.3 is 14.2 Å². The van der Waals surface area contributed by atoms with Crippen LogP contribution in [0.3, 0.4) is 0 Å². The number of halogens is 1. The van der Waals surface area contributed by atoms with Crippen molar-refractivity contribution in [3.8, 4) is 5.75 Å². The molecule has 0 fully saturated rings. The van der Waals surface area contributed by atoms with Crippen LogP contribution in [0.15, 0.2) is 40.9 Å². The Kier molecular flexibility index (Phi) is 7.91. The second-order valence-electron chi connectivity index (χ2n) is 4.06. The van der Waals surface area contributed by atoms with Crippen LogP contribution >= 0.6 is 15.9 Å². The molecule has 22 heavy (non-hydrogen) atoms. The Balaban J connectivity index is 2.20. The molecular formula is C15H15BrO6. The summed E-state index contributed by atoms with van der Waals surface area (Å²) in [5, 5.41) is 0. The highest BCUT2D eigenvalue weighted by molar-refractivity contribution is 9.10. The standard InChI is InChI=1S/C15H15BrO6/c1-20-13(17)8-9-14(18)21-10-2-3-15(19)22-12-6-4-11(16)5-7-12/h4-9H,2-3,10H2,1H3/b9-8+. The Morgan fingerprint density at radius 3 is 2.36 bits per heavy atom. The first kappa shape index (κ1) is 17.9. The second kappa shape index (κ2) is 9.73. The molecule has 0 spiro atoms. The zero-order valence-electron chi connectivity index (χ0n) is 11.9. The van der Waals surface area contributed by atoms with Gasteiger partial charge in [-0.1, -0.05) is 15.9 Å². The number of benzene rings is 1. The molecule has 7 heteroatoms. The van der Waals surface area contributed by atoms with Crippen LogP contribution in [0.5, 0.6) is 5.75 Å². The van der Waals surface area contributed by atoms with Crippen molar-refractivity contribution in [2.24, 2.45) is 0 Å². The number of carbonyl (C=O) groups excluding carboxylic acids is 3. The van der Waals surface area contributed by atoms with Crippen molar-refractivity contribution in [2.75, 3.05) is 13.7 Å². The van der Waals surface area contributed by atoms with Gasteiger partial charge in [-0.05, 0) is 30.7 Å². The first-order chi connectivity index (χ1) is 10.5. The van der Waals surface area contributed by atoms with Gasteiger partial charge in [0.2, 0.25) is 0 Å². The summed E-state index contributed by atoms with van der Waals surface area (Å²) in [6, 6.07) is 6.86. The molecule has 1 aromatic rings. The van der Waals surface area contributed by atoms with Crippen LogP contribution in [-0.4, -0.2) is 31.6 Å². The molecule has 118 valence electrons. The highest BCUT2D eigenvalue weighted by Gasteiger charge is 2.06. The van der Waals surface area contributed by atoms with Crippen LogP contribution in [0.4, 0.5) is 0 Å². The molecule has 0 saturated heterocycles. The smallest absolute Gasteiger partial charge is 0.331 e. The molecule has 6 nitrogen and oxygen atoms in total. The lowest BCUT2D eigenvalue weighted by molar-refractivity contribution is -0.140. The summed E-state index contributed by atoms with van der Waals surface area (Å²) in [5.74, 6) is -1.28. The van der Waals surface area contributed by atoms with Gasteiger partial charge in [0.05, 0.1) is 13.7 Å². The maximum absolute atomic E-state index is 11.5. The zero-order valence-corrected chi connectivity index (χ0v) is 13.5. The first-order valence-electron chi connectivity index (χ1n) is 6.40. The summed E-state index contributed by atoms with van der Waals surface area (Å²) in [6.07, 6.45) is 2.37. The molecule has 1 aromatic carbocycles. The zero-order chi connectivity index (χ0) is 16.4. The predicted octanol–water partition coefficient (Wildman–Crippen LogP) is 2.41. The predicted molar refractivity (Wildman–Crippen MR) is 81.1 cm³/mol. The average molecular weight is 371 g/mol. The van der Waals surface area contributed by atoms with Gasteiger partial charge in [-0.3, -0.25) is 4.79 Å². The van der Waals surface area contributed by atoms with Gasteiger partial charge >= 0.3 is 17.9 Å². The van der Waals surface area contributed by atoms with E-state index in [1.807, 2.05) is 0 Å². The van der Waals surface area contributed by atoms with Crippen molar-refractivity contribution in [2.45, 2.75) is 12.8 Å². The van der Waals surface area contributed by atoms with E-state index in [1.54, 1.807) is 24.3 Å². The van der Waals surface area contributed by atoms with Crippen molar-refractivity contribution in [3.63, 3.8) is 0 Å². The lowest BCUT2D eigenvalue weighted by Crippen LogP contribution is -2.10. The van der Waals surface area contributed by atoms with Crippen LogP contribution in [0, 0.1) is 0 Å². The monoisotopic (exact) mass is 370 g/mol. The molecule has 0 radical (unpaired) electrons. The molecule has 0 amide bonds. The minimum Gasteiger partial charge on any atom is -0.466 e. The van der Waals surface area contributed by atoms with Gasteiger partial charge in [-0.2, -0.15) is 0 Å². The Labute approximate surface area is 136 Å². The van der Waals surface area contributed by atoms with Crippen LogP contribution in [0.1, 0.15) is 12.8 Å². The van der Waals surface area contributed by atoms with E-state index in [0.717, 1.165) is 16.6 Å². The summed E-state index contributed by atoms with van der Waals surface area (Å²) in [7, 11) is 1.20. The number of hydrogen-bond donors (Lipinski definition) is 0. The fourth-order valence-corrected chi connectivity index (χ4v) is 1.59. The number of hydrogen-bond acceptors (Lipinski definition) is 6. The number of rotatable bonds is 7. The van der Waals surface area contributed by atoms with Crippen molar-refractivity contribution in [3.05, 3.63) is 40.9 Å². The third-order valence-corrected chi connectivity index (χ3v) is 2.90. The minimum absolute atomic E-state index is 0.0553. The molecule has 0 aliphatic rings. The van der Waals surface area contributed by atoms with E-state index in [4.69, 9.17) is 9.47 Å². The van der Waals surface area contributed by atoms with E-state index in [1.165, 1.54) is 7.11 Å². The topological polar surface area (TPSA) is 78.9 Å². The summed E-state index contributed by atoms with van der Waals surface area (Å²) in [5.41, 5.74) is 0. The number of ether oxygens (including phenoxy) is 3. The third-order valence-electron chi connectivity index (χ3n) is 2.37. The summed E-state index contributed by atoms with van der Waals surface area (Å²) in [6.45, 7) is 0.0553. The van der Waals surface area contributed by atoms with Crippen molar-refractivity contribution in [1.82, 2.24) is 0 Å². The maximum atomic E-state index is 11.5. The molecule has 0 atom stereocenters. The number of carbonyl (C=O) groups is 3. The largest absolute Gasteiger partial charge is 0.466 e. The van der Waals surface area contributed by atoms with E-state index >= 15 is 0 Å². The minimum atomic E-state index is -0.674. The molecule has 0 bridgehead atoms. The fourth-order valence-electron chi connectivity index (χ4n) is 1.33. The molecule has 0 aliphatic heterocycles. The Morgan fingerprint density at radius 2 is 1.73 bits per heavy atom. The van der Waals surface area contributed by atoms with Crippen LogP contribution in [-0.2, 0) is 23.9 Å². The SMILES string of the molecule is COC(=O)/C=C/C(=O)OCCCC(=O)Oc1ccc(Br)cc1. The lowest BCUT2D eigenvalue weighted by Gasteiger charge is -2.04. The van der Waals surface area contributed by atoms with Crippen molar-refractivity contribution >= 4 is 33.8 Å². The normalized spacial score (nSPS) is 10.3. The Hall–Kier alpha value is -2.15. The van der Waals surface area contributed by atoms with Gasteiger partial charge in [0, 0.05) is 23.0 Å². The molecule has 1 rings (SSSR count). The lowest BCUT2D eigenvalue weighted by atomic mass is 10.3. The molecule has 0 N–H and O–H groups in total. The van der Waals surface area contributed by atoms with Gasteiger partial charge in [0.15, 0.2) is 0 Å². The van der Waals surface area contributed by atoms with E-state index in [2.05, 4.69) is 20.7 Å². The average Bonchev–Trinajstić information content (AvgIpc) is 2.51. The molecule has 0 aliphatic carbocycles. The highest BCUT2D eigenvalue weighted by Crippen LogP contribution is 2.16. The van der Waals surface area contributed by atoms with Gasteiger partial charge in [-0.15, -0.1) is 0 Å². The number of methoxy groups -OCH3 is 1. The van der Waals surface area contributed by atoms with E-state index in [0.29, 0.717) is 12.2 Å². The summed E-state index contributed by atoms with van der Waals surface area (Å²) in [4.78, 5) is 33.5. The quantitative estimate of drug-likeness (QED) is 0.317. The number of esters is 3. The van der Waals surface area contributed by atoms with E-state index < -0.39 is 17.9 Å². The summed E-state index contributed by atoms with van der Waals surface area (Å²) >= 11 is 3.28. The second-order valence-corrected chi connectivity index (χ2v) is 4.97. The van der Waals surface area contributed by atoms with Crippen molar-refractivity contribution in [1.29, 1.82) is 0 Å². The molecule has 0 unspecified atom stereocenters. The Morgan fingerprint density at radius 1 is 1.09 bits per heavy atom. The van der Waals surface area contributed by atoms with Crippen molar-refractivity contribution < 1.29 is 28.6 Å². The fraction of sp³-hybridized carbons (Fsp3) is 0.267. The van der Waals surface area contributed by atoms with Gasteiger partial charge in [0.1, 0.15) is 5.75 Å². The van der Waals surface area contributed by atoms with Crippen LogP contribution in [0.25, 0.3) is 0 Å². The van der Waals surface area contributed by atoms with E-state index in [-0.39, 0.29) is 13.0 Å². The Bertz CT molecular complexity index is 550. The molecule has 0 aromatic heterocycles. The molecule has 0 saturated carbocycles. The molecular weight excluding hydrogens is 356 g/mol. The van der Waals surface area contributed by atoms with Gasteiger partial charge in [0.25, 0.3) is 0 Å². The maximum Gasteiger partial charge on any atom is 0.331 e. The summed E-state index contributed by atoms with van der Waals surface area (Å²) < 4.78 is 15.1. The highest BCUT2D eigenvalue weighted by atomic mass is 79.9. The van der Waals surface area contributed by atoms with Gasteiger partial charge in [-0.25, -0.2) is 9.59 Å². The van der Waals surface area contributed by atoms with Crippen LogP contribution in [0.2, 0.25) is 0 Å². The third kappa shape index (κ3) is 7.58. The molecule has 0 heterocycles.